The SMILES string of the molecule is CCN1CCC(N(C)c2c(C)cccc2CN)CC1. The second-order valence-electron chi connectivity index (χ2n) is 5.56. The molecule has 0 radical (unpaired) electrons. The summed E-state index contributed by atoms with van der Waals surface area (Å²) >= 11 is 0. The summed E-state index contributed by atoms with van der Waals surface area (Å²) in [7, 11) is 2.23. The fraction of sp³-hybridized carbons (Fsp3) is 0.625. The Morgan fingerprint density at radius 3 is 2.58 bits per heavy atom. The molecule has 1 heterocycles. The van der Waals surface area contributed by atoms with Gasteiger partial charge in [0.1, 0.15) is 0 Å². The number of likely N-dealkylation sites (tertiary alicyclic amines) is 1. The van der Waals surface area contributed by atoms with Crippen LogP contribution in [0.4, 0.5) is 5.69 Å². The predicted molar refractivity (Wildman–Crippen MR) is 82.6 cm³/mol. The van der Waals surface area contributed by atoms with Crippen molar-refractivity contribution in [2.24, 2.45) is 5.73 Å². The Bertz CT molecular complexity index is 408. The van der Waals surface area contributed by atoms with Crippen molar-refractivity contribution in [3.8, 4) is 0 Å². The molecule has 1 aromatic rings. The van der Waals surface area contributed by atoms with Crippen LogP contribution in [0.2, 0.25) is 0 Å². The highest BCUT2D eigenvalue weighted by Gasteiger charge is 2.23. The quantitative estimate of drug-likeness (QED) is 0.903. The van der Waals surface area contributed by atoms with E-state index >= 15 is 0 Å². The largest absolute Gasteiger partial charge is 0.371 e. The van der Waals surface area contributed by atoms with Gasteiger partial charge in [-0.25, -0.2) is 0 Å². The van der Waals surface area contributed by atoms with Gasteiger partial charge in [-0.3, -0.25) is 0 Å². The molecule has 1 aliphatic heterocycles. The Morgan fingerprint density at radius 1 is 1.32 bits per heavy atom. The number of nitrogens with two attached hydrogens (primary N) is 1. The fourth-order valence-corrected chi connectivity index (χ4v) is 3.19. The van der Waals surface area contributed by atoms with Crippen molar-refractivity contribution in [1.82, 2.24) is 4.90 Å². The first-order valence-corrected chi connectivity index (χ1v) is 7.41. The molecular formula is C16H27N3. The van der Waals surface area contributed by atoms with Gasteiger partial charge in [-0.1, -0.05) is 25.1 Å². The van der Waals surface area contributed by atoms with Crippen LogP contribution in [0.25, 0.3) is 0 Å². The number of para-hydroxylation sites is 1. The van der Waals surface area contributed by atoms with E-state index in [1.54, 1.807) is 0 Å². The minimum Gasteiger partial charge on any atom is -0.371 e. The number of rotatable bonds is 4. The number of hydrogen-bond acceptors (Lipinski definition) is 3. The average Bonchev–Trinajstić information content (AvgIpc) is 2.46. The van der Waals surface area contributed by atoms with Gasteiger partial charge in [0.25, 0.3) is 0 Å². The van der Waals surface area contributed by atoms with Crippen LogP contribution in [-0.4, -0.2) is 37.6 Å². The number of benzene rings is 1. The van der Waals surface area contributed by atoms with Gasteiger partial charge in [0.05, 0.1) is 0 Å². The van der Waals surface area contributed by atoms with E-state index in [0.29, 0.717) is 12.6 Å². The van der Waals surface area contributed by atoms with E-state index < -0.39 is 0 Å². The molecule has 3 heteroatoms. The van der Waals surface area contributed by atoms with Crippen LogP contribution in [0.3, 0.4) is 0 Å². The van der Waals surface area contributed by atoms with E-state index in [-0.39, 0.29) is 0 Å². The normalized spacial score (nSPS) is 17.7. The third-order valence-electron chi connectivity index (χ3n) is 4.45. The van der Waals surface area contributed by atoms with E-state index in [1.165, 1.54) is 49.3 Å². The van der Waals surface area contributed by atoms with Crippen molar-refractivity contribution >= 4 is 5.69 Å². The Labute approximate surface area is 117 Å². The molecule has 0 bridgehead atoms. The molecule has 19 heavy (non-hydrogen) atoms. The number of aryl methyl sites for hydroxylation is 1. The standard InChI is InChI=1S/C16H27N3/c1-4-19-10-8-15(9-11-19)18(3)16-13(2)6-5-7-14(16)12-17/h5-7,15H,4,8-12,17H2,1-3H3. The molecule has 106 valence electrons. The Kier molecular flexibility index (Phi) is 4.83. The maximum absolute atomic E-state index is 5.90. The Hall–Kier alpha value is -1.06. The van der Waals surface area contributed by atoms with Gasteiger partial charge in [-0.05, 0) is 37.4 Å². The van der Waals surface area contributed by atoms with Crippen LogP contribution in [-0.2, 0) is 6.54 Å². The number of hydrogen-bond donors (Lipinski definition) is 1. The molecule has 0 aliphatic carbocycles. The predicted octanol–water partition coefficient (Wildman–Crippen LogP) is 2.37. The lowest BCUT2D eigenvalue weighted by Crippen LogP contribution is -2.43. The van der Waals surface area contributed by atoms with Gasteiger partial charge < -0.3 is 15.5 Å². The molecule has 0 amide bonds. The van der Waals surface area contributed by atoms with E-state index in [0.717, 1.165) is 0 Å². The smallest absolute Gasteiger partial charge is 0.0441 e. The topological polar surface area (TPSA) is 32.5 Å². The molecule has 0 atom stereocenters. The lowest BCUT2D eigenvalue weighted by atomic mass is 10.00. The summed E-state index contributed by atoms with van der Waals surface area (Å²) in [6.07, 6.45) is 2.51. The molecule has 0 spiro atoms. The van der Waals surface area contributed by atoms with Crippen molar-refractivity contribution < 1.29 is 0 Å². The minimum atomic E-state index is 0.620. The van der Waals surface area contributed by atoms with Gasteiger partial charge >= 0.3 is 0 Å². The summed E-state index contributed by atoms with van der Waals surface area (Å²) in [5.74, 6) is 0. The van der Waals surface area contributed by atoms with Crippen LogP contribution in [0.1, 0.15) is 30.9 Å². The maximum Gasteiger partial charge on any atom is 0.0441 e. The van der Waals surface area contributed by atoms with Crippen molar-refractivity contribution in [3.05, 3.63) is 29.3 Å². The van der Waals surface area contributed by atoms with Gasteiger partial charge in [-0.15, -0.1) is 0 Å². The third-order valence-corrected chi connectivity index (χ3v) is 4.45. The third kappa shape index (κ3) is 3.10. The van der Waals surface area contributed by atoms with Crippen LogP contribution >= 0.6 is 0 Å². The van der Waals surface area contributed by atoms with Crippen LogP contribution in [0.5, 0.6) is 0 Å². The van der Waals surface area contributed by atoms with Crippen molar-refractivity contribution in [1.29, 1.82) is 0 Å². The highest BCUT2D eigenvalue weighted by Crippen LogP contribution is 2.28. The summed E-state index contributed by atoms with van der Waals surface area (Å²) in [6.45, 7) is 8.67. The Morgan fingerprint density at radius 2 is 2.00 bits per heavy atom. The highest BCUT2D eigenvalue weighted by atomic mass is 15.2. The first kappa shape index (κ1) is 14.4. The summed E-state index contributed by atoms with van der Waals surface area (Å²) in [5, 5.41) is 0. The van der Waals surface area contributed by atoms with Crippen molar-refractivity contribution in [2.75, 3.05) is 31.6 Å². The highest BCUT2D eigenvalue weighted by molar-refractivity contribution is 5.59. The molecule has 0 aromatic heterocycles. The minimum absolute atomic E-state index is 0.620. The monoisotopic (exact) mass is 261 g/mol. The number of piperidine rings is 1. The van der Waals surface area contributed by atoms with E-state index in [1.807, 2.05) is 0 Å². The summed E-state index contributed by atoms with van der Waals surface area (Å²) in [4.78, 5) is 5.00. The lowest BCUT2D eigenvalue weighted by Gasteiger charge is -2.38. The summed E-state index contributed by atoms with van der Waals surface area (Å²) in [6, 6.07) is 7.09. The van der Waals surface area contributed by atoms with Crippen LogP contribution < -0.4 is 10.6 Å². The summed E-state index contributed by atoms with van der Waals surface area (Å²) in [5.41, 5.74) is 9.84. The first-order chi connectivity index (χ1) is 9.17. The molecule has 1 aliphatic rings. The maximum atomic E-state index is 5.90. The zero-order chi connectivity index (χ0) is 13.8. The molecule has 2 N–H and O–H groups in total. The molecule has 3 nitrogen and oxygen atoms in total. The summed E-state index contributed by atoms with van der Waals surface area (Å²) < 4.78 is 0. The van der Waals surface area contributed by atoms with Gasteiger partial charge in [0.2, 0.25) is 0 Å². The second-order valence-corrected chi connectivity index (χ2v) is 5.56. The van der Waals surface area contributed by atoms with E-state index in [4.69, 9.17) is 5.73 Å². The van der Waals surface area contributed by atoms with Crippen LogP contribution in [0, 0.1) is 6.92 Å². The fourth-order valence-electron chi connectivity index (χ4n) is 3.19. The zero-order valence-corrected chi connectivity index (χ0v) is 12.5. The zero-order valence-electron chi connectivity index (χ0n) is 12.5. The van der Waals surface area contributed by atoms with Gasteiger partial charge in [-0.2, -0.15) is 0 Å². The Balaban J connectivity index is 2.14. The van der Waals surface area contributed by atoms with Crippen molar-refractivity contribution in [3.63, 3.8) is 0 Å². The molecule has 2 rings (SSSR count). The lowest BCUT2D eigenvalue weighted by molar-refractivity contribution is 0.220. The van der Waals surface area contributed by atoms with Crippen molar-refractivity contribution in [2.45, 2.75) is 39.3 Å². The van der Waals surface area contributed by atoms with Gasteiger partial charge in [0.15, 0.2) is 0 Å². The van der Waals surface area contributed by atoms with E-state index in [9.17, 15) is 0 Å². The molecule has 1 fully saturated rings. The number of nitrogens with zero attached hydrogens (tertiary/aromatic N) is 2. The molecule has 1 aromatic carbocycles. The van der Waals surface area contributed by atoms with Crippen LogP contribution in [0.15, 0.2) is 18.2 Å². The number of anilines is 1. The molecule has 1 saturated heterocycles. The average molecular weight is 261 g/mol. The van der Waals surface area contributed by atoms with E-state index in [2.05, 4.69) is 48.9 Å². The molecule has 0 unspecified atom stereocenters. The second kappa shape index (κ2) is 6.40. The van der Waals surface area contributed by atoms with Gasteiger partial charge in [0, 0.05) is 38.4 Å². The molecule has 0 saturated carbocycles. The molecular weight excluding hydrogens is 234 g/mol. The first-order valence-electron chi connectivity index (χ1n) is 7.41.